The van der Waals surface area contributed by atoms with Gasteiger partial charge < -0.3 is 10.3 Å². The third-order valence-electron chi connectivity index (χ3n) is 4.82. The first-order valence-electron chi connectivity index (χ1n) is 9.34. The van der Waals surface area contributed by atoms with Gasteiger partial charge in [-0.2, -0.15) is 0 Å². The van der Waals surface area contributed by atoms with Crippen molar-refractivity contribution in [1.82, 2.24) is 20.3 Å². The van der Waals surface area contributed by atoms with Gasteiger partial charge in [-0.1, -0.05) is 18.2 Å². The van der Waals surface area contributed by atoms with Crippen molar-refractivity contribution in [2.45, 2.75) is 26.3 Å². The smallest absolute Gasteiger partial charge is 0.254 e. The quantitative estimate of drug-likeness (QED) is 0.514. The average molecular weight is 404 g/mol. The summed E-state index contributed by atoms with van der Waals surface area (Å²) < 4.78 is 1.21. The SMILES string of the molecule is Cc1nc(-c2ccncc2)[nH]c(=O)c1CCC(=O)NCc1csc2ccccc12. The van der Waals surface area contributed by atoms with Crippen LogP contribution in [0.1, 0.15) is 23.2 Å². The van der Waals surface area contributed by atoms with Gasteiger partial charge in [0.2, 0.25) is 5.91 Å². The van der Waals surface area contributed by atoms with Crippen LogP contribution in [0.3, 0.4) is 0 Å². The fraction of sp³-hybridized carbons (Fsp3) is 0.182. The minimum Gasteiger partial charge on any atom is -0.352 e. The zero-order valence-electron chi connectivity index (χ0n) is 15.9. The number of thiophene rings is 1. The molecule has 29 heavy (non-hydrogen) atoms. The number of H-pyrrole nitrogens is 1. The van der Waals surface area contributed by atoms with Gasteiger partial charge in [-0.05, 0) is 47.9 Å². The molecule has 0 unspecified atom stereocenters. The van der Waals surface area contributed by atoms with Crippen LogP contribution in [0.15, 0.2) is 59.0 Å². The van der Waals surface area contributed by atoms with E-state index in [0.717, 1.165) is 11.1 Å². The number of hydrogen-bond donors (Lipinski definition) is 2. The summed E-state index contributed by atoms with van der Waals surface area (Å²) in [6.45, 7) is 2.28. The average Bonchev–Trinajstić information content (AvgIpc) is 3.15. The van der Waals surface area contributed by atoms with E-state index in [1.807, 2.05) is 12.1 Å². The Morgan fingerprint density at radius 2 is 1.97 bits per heavy atom. The number of aromatic amines is 1. The number of aromatic nitrogens is 3. The Kier molecular flexibility index (Phi) is 5.48. The van der Waals surface area contributed by atoms with E-state index in [9.17, 15) is 9.59 Å². The number of fused-ring (bicyclic) bond motifs is 1. The van der Waals surface area contributed by atoms with Gasteiger partial charge in [0.1, 0.15) is 5.82 Å². The fourth-order valence-electron chi connectivity index (χ4n) is 3.24. The Bertz CT molecular complexity index is 1210. The molecular formula is C22H20N4O2S. The Balaban J connectivity index is 1.39. The summed E-state index contributed by atoms with van der Waals surface area (Å²) in [5, 5.41) is 6.19. The molecule has 0 saturated carbocycles. The molecule has 4 rings (SSSR count). The zero-order valence-corrected chi connectivity index (χ0v) is 16.8. The standard InChI is InChI=1S/C22H20N4O2S/c1-14-17(22(28)26-21(25-14)15-8-10-23-11-9-15)6-7-20(27)24-12-16-13-29-19-5-3-2-4-18(16)19/h2-5,8-11,13H,6-7,12H2,1H3,(H,24,27)(H,25,26,28). The molecule has 3 aromatic heterocycles. The molecular weight excluding hydrogens is 384 g/mol. The van der Waals surface area contributed by atoms with E-state index in [-0.39, 0.29) is 17.9 Å². The van der Waals surface area contributed by atoms with Crippen molar-refractivity contribution in [3.8, 4) is 11.4 Å². The number of carbonyl (C=O) groups excluding carboxylic acids is 1. The molecule has 0 radical (unpaired) electrons. The molecule has 0 fully saturated rings. The molecule has 0 aliphatic rings. The van der Waals surface area contributed by atoms with Crippen LogP contribution in [-0.2, 0) is 17.8 Å². The van der Waals surface area contributed by atoms with Crippen LogP contribution >= 0.6 is 11.3 Å². The number of hydrogen-bond acceptors (Lipinski definition) is 5. The first kappa shape index (κ1) is 19.0. The summed E-state index contributed by atoms with van der Waals surface area (Å²) in [5.74, 6) is 0.421. The number of nitrogens with zero attached hydrogens (tertiary/aromatic N) is 2. The lowest BCUT2D eigenvalue weighted by atomic mass is 10.1. The maximum atomic E-state index is 12.5. The predicted octanol–water partition coefficient (Wildman–Crippen LogP) is 3.60. The molecule has 1 amide bonds. The van der Waals surface area contributed by atoms with E-state index in [1.165, 1.54) is 10.1 Å². The van der Waals surface area contributed by atoms with Gasteiger partial charge in [0.15, 0.2) is 0 Å². The van der Waals surface area contributed by atoms with Gasteiger partial charge in [-0.25, -0.2) is 4.98 Å². The molecule has 0 aliphatic carbocycles. The van der Waals surface area contributed by atoms with E-state index in [0.29, 0.717) is 30.0 Å². The fourth-order valence-corrected chi connectivity index (χ4v) is 4.20. The van der Waals surface area contributed by atoms with Crippen molar-refractivity contribution < 1.29 is 4.79 Å². The molecule has 0 atom stereocenters. The van der Waals surface area contributed by atoms with Crippen LogP contribution < -0.4 is 10.9 Å². The van der Waals surface area contributed by atoms with Crippen LogP contribution in [0.5, 0.6) is 0 Å². The van der Waals surface area contributed by atoms with Crippen molar-refractivity contribution in [2.24, 2.45) is 0 Å². The van der Waals surface area contributed by atoms with Gasteiger partial charge in [-0.15, -0.1) is 11.3 Å². The van der Waals surface area contributed by atoms with Gasteiger partial charge in [-0.3, -0.25) is 14.6 Å². The molecule has 0 aliphatic heterocycles. The molecule has 3 heterocycles. The third kappa shape index (κ3) is 4.25. The number of rotatable bonds is 6. The Morgan fingerprint density at radius 3 is 2.76 bits per heavy atom. The molecule has 6 nitrogen and oxygen atoms in total. The number of nitrogens with one attached hydrogen (secondary N) is 2. The van der Waals surface area contributed by atoms with Crippen molar-refractivity contribution >= 4 is 27.3 Å². The highest BCUT2D eigenvalue weighted by Crippen LogP contribution is 2.25. The molecule has 1 aromatic carbocycles. The lowest BCUT2D eigenvalue weighted by Crippen LogP contribution is -2.25. The normalized spacial score (nSPS) is 10.9. The summed E-state index contributed by atoms with van der Waals surface area (Å²) >= 11 is 1.67. The molecule has 2 N–H and O–H groups in total. The highest BCUT2D eigenvalue weighted by molar-refractivity contribution is 7.17. The van der Waals surface area contributed by atoms with Gasteiger partial charge in [0.25, 0.3) is 5.56 Å². The largest absolute Gasteiger partial charge is 0.352 e. The predicted molar refractivity (Wildman–Crippen MR) is 115 cm³/mol. The van der Waals surface area contributed by atoms with Crippen LogP contribution in [0.25, 0.3) is 21.5 Å². The van der Waals surface area contributed by atoms with E-state index < -0.39 is 0 Å². The summed E-state index contributed by atoms with van der Waals surface area (Å²) in [4.78, 5) is 36.1. The van der Waals surface area contributed by atoms with Gasteiger partial charge >= 0.3 is 0 Å². The second kappa shape index (κ2) is 8.36. The highest BCUT2D eigenvalue weighted by Gasteiger charge is 2.12. The third-order valence-corrected chi connectivity index (χ3v) is 5.83. The van der Waals surface area contributed by atoms with Crippen LogP contribution in [0.2, 0.25) is 0 Å². The first-order chi connectivity index (χ1) is 14.1. The van der Waals surface area contributed by atoms with Crippen LogP contribution in [-0.4, -0.2) is 20.9 Å². The summed E-state index contributed by atoms with van der Waals surface area (Å²) in [6, 6.07) is 11.7. The molecule has 0 saturated heterocycles. The summed E-state index contributed by atoms with van der Waals surface area (Å²) in [5.41, 5.74) is 2.88. The second-order valence-corrected chi connectivity index (χ2v) is 7.66. The zero-order chi connectivity index (χ0) is 20.2. The number of aryl methyl sites for hydroxylation is 1. The summed E-state index contributed by atoms with van der Waals surface area (Å²) in [7, 11) is 0. The highest BCUT2D eigenvalue weighted by atomic mass is 32.1. The minimum atomic E-state index is -0.207. The number of amides is 1. The van der Waals surface area contributed by atoms with Crippen LogP contribution in [0, 0.1) is 6.92 Å². The lowest BCUT2D eigenvalue weighted by molar-refractivity contribution is -0.121. The topological polar surface area (TPSA) is 87.7 Å². The van der Waals surface area contributed by atoms with Crippen LogP contribution in [0.4, 0.5) is 0 Å². The Labute approximate surface area is 171 Å². The van der Waals surface area contributed by atoms with Gasteiger partial charge in [0.05, 0.1) is 0 Å². The molecule has 0 bridgehead atoms. The monoisotopic (exact) mass is 404 g/mol. The van der Waals surface area contributed by atoms with Crippen molar-refractivity contribution in [1.29, 1.82) is 0 Å². The maximum absolute atomic E-state index is 12.5. The maximum Gasteiger partial charge on any atom is 0.254 e. The van der Waals surface area contributed by atoms with E-state index >= 15 is 0 Å². The van der Waals surface area contributed by atoms with Crippen molar-refractivity contribution in [2.75, 3.05) is 0 Å². The number of pyridine rings is 1. The Morgan fingerprint density at radius 1 is 1.17 bits per heavy atom. The van der Waals surface area contributed by atoms with E-state index in [2.05, 4.69) is 37.8 Å². The molecule has 7 heteroatoms. The van der Waals surface area contributed by atoms with Crippen molar-refractivity contribution in [3.05, 3.63) is 81.3 Å². The first-order valence-corrected chi connectivity index (χ1v) is 10.2. The Hall–Kier alpha value is -3.32. The lowest BCUT2D eigenvalue weighted by Gasteiger charge is -2.08. The number of benzene rings is 1. The second-order valence-electron chi connectivity index (χ2n) is 6.75. The van der Waals surface area contributed by atoms with Gasteiger partial charge in [0, 0.05) is 46.9 Å². The molecule has 146 valence electrons. The summed E-state index contributed by atoms with van der Waals surface area (Å²) in [6.07, 6.45) is 3.89. The molecule has 0 spiro atoms. The van der Waals surface area contributed by atoms with Crippen molar-refractivity contribution in [3.63, 3.8) is 0 Å². The molecule has 4 aromatic rings. The van der Waals surface area contributed by atoms with E-state index in [1.54, 1.807) is 42.8 Å². The van der Waals surface area contributed by atoms with E-state index in [4.69, 9.17) is 0 Å². The number of carbonyl (C=O) groups is 1. The minimum absolute atomic E-state index is 0.0858.